The minimum absolute atomic E-state index is 0.125. The Morgan fingerprint density at radius 2 is 1.74 bits per heavy atom. The number of tetrazole rings is 1. The Balaban J connectivity index is 1.68. The molecule has 4 rings (SSSR count). The second-order valence-electron chi connectivity index (χ2n) is 9.55. The number of nitrogens with one attached hydrogen (secondary N) is 1. The van der Waals surface area contributed by atoms with Gasteiger partial charge in [-0.1, -0.05) is 69.7 Å². The van der Waals surface area contributed by atoms with Crippen molar-refractivity contribution in [1.82, 2.24) is 30.5 Å². The largest absolute Gasteiger partial charge is 0.480 e. The Labute approximate surface area is 221 Å². The summed E-state index contributed by atoms with van der Waals surface area (Å²) in [5.74, 6) is -0.953. The van der Waals surface area contributed by atoms with Crippen molar-refractivity contribution in [2.75, 3.05) is 0 Å². The van der Waals surface area contributed by atoms with Crippen LogP contribution in [-0.2, 0) is 16.1 Å². The van der Waals surface area contributed by atoms with Crippen molar-refractivity contribution in [3.63, 3.8) is 0 Å². The van der Waals surface area contributed by atoms with Gasteiger partial charge in [0.1, 0.15) is 6.04 Å². The van der Waals surface area contributed by atoms with Gasteiger partial charge in [-0.25, -0.2) is 4.79 Å². The summed E-state index contributed by atoms with van der Waals surface area (Å²) in [4.78, 5) is 31.1. The van der Waals surface area contributed by atoms with E-state index in [1.807, 2.05) is 75.4 Å². The zero-order valence-corrected chi connectivity index (χ0v) is 21.8. The molecule has 0 aliphatic rings. The summed E-state index contributed by atoms with van der Waals surface area (Å²) < 4.78 is 0. The van der Waals surface area contributed by atoms with Gasteiger partial charge in [0.15, 0.2) is 0 Å². The van der Waals surface area contributed by atoms with Crippen LogP contribution in [0.1, 0.15) is 45.7 Å². The molecule has 4 aromatic rings. The highest BCUT2D eigenvalue weighted by atomic mass is 16.4. The van der Waals surface area contributed by atoms with Crippen LogP contribution in [0.15, 0.2) is 66.9 Å². The highest BCUT2D eigenvalue weighted by Crippen LogP contribution is 2.34. The van der Waals surface area contributed by atoms with E-state index in [1.165, 1.54) is 4.90 Å². The minimum atomic E-state index is -1.01. The van der Waals surface area contributed by atoms with E-state index < -0.39 is 12.0 Å². The van der Waals surface area contributed by atoms with Gasteiger partial charge in [-0.15, -0.1) is 10.2 Å². The molecule has 0 radical (unpaired) electrons. The highest BCUT2D eigenvalue weighted by Gasteiger charge is 2.32. The third-order valence-corrected chi connectivity index (χ3v) is 6.47. The molecule has 2 aromatic carbocycles. The fourth-order valence-electron chi connectivity index (χ4n) is 4.51. The van der Waals surface area contributed by atoms with E-state index in [0.29, 0.717) is 24.4 Å². The Morgan fingerprint density at radius 3 is 2.34 bits per heavy atom. The molecule has 2 heterocycles. The van der Waals surface area contributed by atoms with Gasteiger partial charge >= 0.3 is 5.97 Å². The summed E-state index contributed by atoms with van der Waals surface area (Å²) in [7, 11) is 0. The van der Waals surface area contributed by atoms with Crippen molar-refractivity contribution >= 4 is 11.9 Å². The molecule has 196 valence electrons. The molecule has 0 fully saturated rings. The van der Waals surface area contributed by atoms with E-state index >= 15 is 0 Å². The van der Waals surface area contributed by atoms with Crippen molar-refractivity contribution in [3.8, 4) is 33.6 Å². The summed E-state index contributed by atoms with van der Waals surface area (Å²) in [6, 6.07) is 18.9. The van der Waals surface area contributed by atoms with Crippen molar-refractivity contribution in [2.24, 2.45) is 5.92 Å². The Morgan fingerprint density at radius 1 is 0.974 bits per heavy atom. The third kappa shape index (κ3) is 6.11. The molecule has 0 bridgehead atoms. The second-order valence-corrected chi connectivity index (χ2v) is 9.55. The molecule has 0 aliphatic carbocycles. The number of nitrogens with zero attached hydrogens (tertiary/aromatic N) is 5. The number of aliphatic carboxylic acids is 1. The van der Waals surface area contributed by atoms with Crippen LogP contribution in [0.2, 0.25) is 0 Å². The van der Waals surface area contributed by atoms with Gasteiger partial charge in [-0.2, -0.15) is 5.21 Å². The molecule has 9 heteroatoms. The van der Waals surface area contributed by atoms with Gasteiger partial charge in [-0.05, 0) is 52.4 Å². The number of amides is 1. The van der Waals surface area contributed by atoms with Crippen molar-refractivity contribution < 1.29 is 14.7 Å². The smallest absolute Gasteiger partial charge is 0.326 e. The Kier molecular flexibility index (Phi) is 8.58. The molecule has 1 atom stereocenters. The number of hydrogen-bond donors (Lipinski definition) is 2. The predicted molar refractivity (Wildman–Crippen MR) is 145 cm³/mol. The van der Waals surface area contributed by atoms with Gasteiger partial charge in [-0.3, -0.25) is 9.78 Å². The first-order valence-electron chi connectivity index (χ1n) is 12.8. The van der Waals surface area contributed by atoms with Crippen LogP contribution in [0.4, 0.5) is 0 Å². The molecule has 1 unspecified atom stereocenters. The number of aromatic amines is 1. The standard InChI is InChI=1S/C29H32N6O3/c1-4-5-11-26(36)35(27(19(2)3)29(37)38)18-23-14-12-22(17-30-23)25-16-21(20-9-7-6-8-10-20)13-15-24(25)28-31-33-34-32-28/h6-10,12-17,19,27H,4-5,11,18H2,1-3H3,(H,37,38)(H,31,32,33,34). The van der Waals surface area contributed by atoms with Crippen LogP contribution < -0.4 is 0 Å². The van der Waals surface area contributed by atoms with Gasteiger partial charge in [0.25, 0.3) is 0 Å². The minimum Gasteiger partial charge on any atom is -0.480 e. The van der Waals surface area contributed by atoms with E-state index in [2.05, 4.69) is 31.7 Å². The van der Waals surface area contributed by atoms with Crippen molar-refractivity contribution in [1.29, 1.82) is 0 Å². The summed E-state index contributed by atoms with van der Waals surface area (Å²) in [5.41, 5.74) is 5.25. The number of carbonyl (C=O) groups excluding carboxylic acids is 1. The number of carbonyl (C=O) groups is 2. The van der Waals surface area contributed by atoms with Crippen molar-refractivity contribution in [2.45, 2.75) is 52.6 Å². The van der Waals surface area contributed by atoms with Crippen LogP contribution in [0.3, 0.4) is 0 Å². The van der Waals surface area contributed by atoms with Crippen LogP contribution >= 0.6 is 0 Å². The molecule has 1 amide bonds. The van der Waals surface area contributed by atoms with E-state index in [0.717, 1.165) is 34.2 Å². The number of rotatable bonds is 11. The number of unbranched alkanes of at least 4 members (excludes halogenated alkanes) is 1. The van der Waals surface area contributed by atoms with E-state index in [1.54, 1.807) is 6.20 Å². The number of benzene rings is 2. The summed E-state index contributed by atoms with van der Waals surface area (Å²) in [5, 5.41) is 24.4. The number of pyridine rings is 1. The highest BCUT2D eigenvalue weighted by molar-refractivity contribution is 5.85. The van der Waals surface area contributed by atoms with Gasteiger partial charge < -0.3 is 10.0 Å². The number of aromatic nitrogens is 5. The average Bonchev–Trinajstić information content (AvgIpc) is 3.46. The average molecular weight is 513 g/mol. The molecule has 9 nitrogen and oxygen atoms in total. The van der Waals surface area contributed by atoms with Crippen LogP contribution in [0, 0.1) is 5.92 Å². The Hall–Kier alpha value is -4.40. The fourth-order valence-corrected chi connectivity index (χ4v) is 4.51. The lowest BCUT2D eigenvalue weighted by Gasteiger charge is -2.31. The first kappa shape index (κ1) is 26.7. The van der Waals surface area contributed by atoms with Gasteiger partial charge in [0.05, 0.1) is 12.2 Å². The monoisotopic (exact) mass is 512 g/mol. The summed E-state index contributed by atoms with van der Waals surface area (Å²) >= 11 is 0. The lowest BCUT2D eigenvalue weighted by molar-refractivity contribution is -0.153. The SMILES string of the molecule is CCCCC(=O)N(Cc1ccc(-c2cc(-c3ccccc3)ccc2-c2nn[nH]n2)cn1)C(C(=O)O)C(C)C. The maximum absolute atomic E-state index is 13.0. The zero-order valence-electron chi connectivity index (χ0n) is 21.8. The molecule has 0 spiro atoms. The zero-order chi connectivity index (χ0) is 27.1. The molecular formula is C29H32N6O3. The molecule has 2 N–H and O–H groups in total. The summed E-state index contributed by atoms with van der Waals surface area (Å²) in [6.45, 7) is 5.76. The van der Waals surface area contributed by atoms with E-state index in [4.69, 9.17) is 0 Å². The van der Waals surface area contributed by atoms with Crippen LogP contribution in [0.25, 0.3) is 33.6 Å². The molecule has 2 aromatic heterocycles. The summed E-state index contributed by atoms with van der Waals surface area (Å²) in [6.07, 6.45) is 3.62. The topological polar surface area (TPSA) is 125 Å². The number of carboxylic acid groups (broad SMARTS) is 1. The lowest BCUT2D eigenvalue weighted by atomic mass is 9.95. The first-order chi connectivity index (χ1) is 18.4. The van der Waals surface area contributed by atoms with Gasteiger partial charge in [0.2, 0.25) is 11.7 Å². The molecular weight excluding hydrogens is 480 g/mol. The molecule has 0 saturated heterocycles. The maximum atomic E-state index is 13.0. The first-order valence-corrected chi connectivity index (χ1v) is 12.8. The quantitative estimate of drug-likeness (QED) is 0.282. The third-order valence-electron chi connectivity index (χ3n) is 6.47. The molecule has 0 saturated carbocycles. The molecule has 0 aliphatic heterocycles. The number of carboxylic acids is 1. The number of H-pyrrole nitrogens is 1. The van der Waals surface area contributed by atoms with Crippen LogP contribution in [0.5, 0.6) is 0 Å². The van der Waals surface area contributed by atoms with Gasteiger partial charge in [0, 0.05) is 23.7 Å². The lowest BCUT2D eigenvalue weighted by Crippen LogP contribution is -2.47. The van der Waals surface area contributed by atoms with Crippen molar-refractivity contribution in [3.05, 3.63) is 72.6 Å². The normalized spacial score (nSPS) is 11.9. The maximum Gasteiger partial charge on any atom is 0.326 e. The molecule has 38 heavy (non-hydrogen) atoms. The van der Waals surface area contributed by atoms with E-state index in [9.17, 15) is 14.7 Å². The Bertz CT molecular complexity index is 1360. The fraction of sp³-hybridized carbons (Fsp3) is 0.310. The van der Waals surface area contributed by atoms with Crippen LogP contribution in [-0.4, -0.2) is 53.5 Å². The van der Waals surface area contributed by atoms with E-state index in [-0.39, 0.29) is 18.4 Å². The predicted octanol–water partition coefficient (Wildman–Crippen LogP) is 5.22. The second kappa shape index (κ2) is 12.2. The number of hydrogen-bond acceptors (Lipinski definition) is 6.